The predicted molar refractivity (Wildman–Crippen MR) is 88.1 cm³/mol. The summed E-state index contributed by atoms with van der Waals surface area (Å²) >= 11 is 2.03. The zero-order valence-electron chi connectivity index (χ0n) is 12.5. The second-order valence-corrected chi connectivity index (χ2v) is 7.70. The average Bonchev–Trinajstić information content (AvgIpc) is 2.86. The molecule has 1 aromatic heterocycles. The fourth-order valence-corrected chi connectivity index (χ4v) is 5.12. The van der Waals surface area contributed by atoms with Crippen LogP contribution in [0, 0.1) is 5.92 Å². The van der Waals surface area contributed by atoms with Crippen LogP contribution >= 0.6 is 11.3 Å². The minimum atomic E-state index is 0.512. The molecule has 0 amide bonds. The summed E-state index contributed by atoms with van der Waals surface area (Å²) in [4.78, 5) is 6.43. The average molecular weight is 286 g/mol. The Morgan fingerprint density at radius 3 is 2.90 bits per heavy atom. The summed E-state index contributed by atoms with van der Waals surface area (Å²) in [6.45, 7) is 6.08. The van der Waals surface area contributed by atoms with Crippen LogP contribution in [0.3, 0.4) is 0 Å². The first-order valence-electron chi connectivity index (χ1n) is 7.56. The molecule has 3 heteroatoms. The van der Waals surface area contributed by atoms with Crippen molar-refractivity contribution in [2.45, 2.75) is 18.8 Å². The van der Waals surface area contributed by atoms with E-state index in [0.717, 1.165) is 5.92 Å². The standard InChI is InChI=1S/C17H22N2S/c1-4-19-10-13-9-17(13,11-19)16-7-12-5-6-14(18(2)3)8-15(12)20-16/h5-8,13H,4,9-11H2,1-3H3. The lowest BCUT2D eigenvalue weighted by Gasteiger charge is -2.17. The van der Waals surface area contributed by atoms with Crippen molar-refractivity contribution in [2.75, 3.05) is 38.6 Å². The van der Waals surface area contributed by atoms with E-state index in [-0.39, 0.29) is 0 Å². The second kappa shape index (κ2) is 4.22. The maximum Gasteiger partial charge on any atom is 0.0375 e. The van der Waals surface area contributed by atoms with E-state index < -0.39 is 0 Å². The Labute approximate surface area is 125 Å². The van der Waals surface area contributed by atoms with E-state index in [1.807, 2.05) is 11.3 Å². The van der Waals surface area contributed by atoms with Gasteiger partial charge < -0.3 is 9.80 Å². The van der Waals surface area contributed by atoms with Crippen LogP contribution in [0.1, 0.15) is 18.2 Å². The van der Waals surface area contributed by atoms with Gasteiger partial charge in [0.25, 0.3) is 0 Å². The van der Waals surface area contributed by atoms with Crippen LogP contribution in [-0.2, 0) is 5.41 Å². The molecule has 2 heterocycles. The summed E-state index contributed by atoms with van der Waals surface area (Å²) in [6.07, 6.45) is 1.41. The minimum absolute atomic E-state index is 0.512. The third-order valence-electron chi connectivity index (χ3n) is 5.17. The lowest BCUT2D eigenvalue weighted by Crippen LogP contribution is -2.25. The summed E-state index contributed by atoms with van der Waals surface area (Å²) in [5.41, 5.74) is 1.81. The first-order chi connectivity index (χ1) is 9.62. The minimum Gasteiger partial charge on any atom is -0.378 e. The topological polar surface area (TPSA) is 6.48 Å². The Kier molecular flexibility index (Phi) is 2.67. The Bertz CT molecular complexity index is 660. The molecule has 2 unspecified atom stereocenters. The molecule has 2 atom stereocenters. The number of thiophene rings is 1. The highest BCUT2D eigenvalue weighted by Gasteiger charge is 2.61. The third-order valence-corrected chi connectivity index (χ3v) is 6.49. The Hall–Kier alpha value is -1.06. The molecule has 1 aromatic carbocycles. The van der Waals surface area contributed by atoms with Crippen molar-refractivity contribution < 1.29 is 0 Å². The van der Waals surface area contributed by atoms with Crippen molar-refractivity contribution in [3.05, 3.63) is 29.1 Å². The first kappa shape index (κ1) is 12.7. The summed E-state index contributed by atoms with van der Waals surface area (Å²) in [6, 6.07) is 9.31. The molecule has 0 radical (unpaired) electrons. The predicted octanol–water partition coefficient (Wildman–Crippen LogP) is 3.56. The molecule has 1 aliphatic carbocycles. The fourth-order valence-electron chi connectivity index (χ4n) is 3.75. The fraction of sp³-hybridized carbons (Fsp3) is 0.529. The molecule has 4 rings (SSSR count). The monoisotopic (exact) mass is 286 g/mol. The molecule has 1 saturated carbocycles. The third kappa shape index (κ3) is 1.73. The highest BCUT2D eigenvalue weighted by Crippen LogP contribution is 2.60. The van der Waals surface area contributed by atoms with Gasteiger partial charge in [-0.25, -0.2) is 0 Å². The molecular weight excluding hydrogens is 264 g/mol. The number of likely N-dealkylation sites (tertiary alicyclic amines) is 1. The van der Waals surface area contributed by atoms with Crippen LogP contribution in [0.25, 0.3) is 10.1 Å². The van der Waals surface area contributed by atoms with E-state index in [0.29, 0.717) is 5.41 Å². The van der Waals surface area contributed by atoms with Gasteiger partial charge in [-0.3, -0.25) is 0 Å². The van der Waals surface area contributed by atoms with E-state index in [1.165, 1.54) is 41.8 Å². The number of rotatable bonds is 3. The first-order valence-corrected chi connectivity index (χ1v) is 8.38. The molecule has 0 spiro atoms. The molecule has 2 aromatic rings. The summed E-state index contributed by atoms with van der Waals surface area (Å²) in [7, 11) is 4.22. The number of hydrogen-bond donors (Lipinski definition) is 0. The van der Waals surface area contributed by atoms with Gasteiger partial charge in [-0.05, 0) is 42.5 Å². The zero-order chi connectivity index (χ0) is 13.9. The van der Waals surface area contributed by atoms with E-state index in [9.17, 15) is 0 Å². The number of hydrogen-bond acceptors (Lipinski definition) is 3. The van der Waals surface area contributed by atoms with Crippen LogP contribution in [0.4, 0.5) is 5.69 Å². The van der Waals surface area contributed by atoms with Gasteiger partial charge in [-0.15, -0.1) is 11.3 Å². The molecule has 2 aliphatic rings. The Morgan fingerprint density at radius 1 is 1.35 bits per heavy atom. The summed E-state index contributed by atoms with van der Waals surface area (Å²) in [5.74, 6) is 0.920. The van der Waals surface area contributed by atoms with Crippen molar-refractivity contribution in [3.8, 4) is 0 Å². The van der Waals surface area contributed by atoms with Gasteiger partial charge in [-0.2, -0.15) is 0 Å². The maximum atomic E-state index is 2.61. The van der Waals surface area contributed by atoms with E-state index in [4.69, 9.17) is 0 Å². The molecule has 1 aliphatic heterocycles. The number of fused-ring (bicyclic) bond motifs is 2. The van der Waals surface area contributed by atoms with Crippen molar-refractivity contribution in [2.24, 2.45) is 5.92 Å². The summed E-state index contributed by atoms with van der Waals surface area (Å²) in [5, 5.41) is 1.42. The van der Waals surface area contributed by atoms with Gasteiger partial charge in [0.1, 0.15) is 0 Å². The van der Waals surface area contributed by atoms with Crippen molar-refractivity contribution >= 4 is 27.1 Å². The van der Waals surface area contributed by atoms with E-state index in [1.54, 1.807) is 4.88 Å². The van der Waals surface area contributed by atoms with Crippen LogP contribution < -0.4 is 4.90 Å². The molecule has 0 bridgehead atoms. The smallest absolute Gasteiger partial charge is 0.0375 e. The van der Waals surface area contributed by atoms with Crippen LogP contribution in [0.2, 0.25) is 0 Å². The van der Waals surface area contributed by atoms with Crippen LogP contribution in [-0.4, -0.2) is 38.6 Å². The largest absolute Gasteiger partial charge is 0.378 e. The maximum absolute atomic E-state index is 2.61. The Balaban J connectivity index is 1.72. The number of piperidine rings is 1. The molecule has 20 heavy (non-hydrogen) atoms. The molecule has 2 fully saturated rings. The van der Waals surface area contributed by atoms with Crippen molar-refractivity contribution in [1.29, 1.82) is 0 Å². The van der Waals surface area contributed by atoms with E-state index >= 15 is 0 Å². The van der Waals surface area contributed by atoms with Gasteiger partial charge in [0.2, 0.25) is 0 Å². The van der Waals surface area contributed by atoms with Crippen molar-refractivity contribution in [1.82, 2.24) is 4.90 Å². The highest BCUT2D eigenvalue weighted by molar-refractivity contribution is 7.19. The molecule has 1 saturated heterocycles. The van der Waals surface area contributed by atoms with Gasteiger partial charge in [0.15, 0.2) is 0 Å². The number of anilines is 1. The second-order valence-electron chi connectivity index (χ2n) is 6.61. The van der Waals surface area contributed by atoms with Gasteiger partial charge in [0, 0.05) is 47.9 Å². The SMILES string of the molecule is CCN1CC2CC2(c2cc3ccc(N(C)C)cc3s2)C1. The lowest BCUT2D eigenvalue weighted by atomic mass is 10.0. The molecule has 0 N–H and O–H groups in total. The quantitative estimate of drug-likeness (QED) is 0.851. The van der Waals surface area contributed by atoms with Crippen LogP contribution in [0.5, 0.6) is 0 Å². The molecule has 106 valence electrons. The van der Waals surface area contributed by atoms with Gasteiger partial charge in [0.05, 0.1) is 0 Å². The molecular formula is C17H22N2S. The number of benzene rings is 1. The number of likely N-dealkylation sites (N-methyl/N-ethyl adjacent to an activating group) is 1. The normalized spacial score (nSPS) is 28.9. The number of nitrogens with zero attached hydrogens (tertiary/aromatic N) is 2. The van der Waals surface area contributed by atoms with Gasteiger partial charge >= 0.3 is 0 Å². The highest BCUT2D eigenvalue weighted by atomic mass is 32.1. The van der Waals surface area contributed by atoms with Crippen molar-refractivity contribution in [3.63, 3.8) is 0 Å². The Morgan fingerprint density at radius 2 is 2.20 bits per heavy atom. The zero-order valence-corrected chi connectivity index (χ0v) is 13.3. The van der Waals surface area contributed by atoms with Crippen LogP contribution in [0.15, 0.2) is 24.3 Å². The molecule has 2 nitrogen and oxygen atoms in total. The lowest BCUT2D eigenvalue weighted by molar-refractivity contribution is 0.315. The summed E-state index contributed by atoms with van der Waals surface area (Å²) < 4.78 is 1.45. The van der Waals surface area contributed by atoms with E-state index in [2.05, 4.69) is 55.1 Å². The van der Waals surface area contributed by atoms with Gasteiger partial charge in [-0.1, -0.05) is 13.0 Å².